The lowest BCUT2D eigenvalue weighted by molar-refractivity contribution is 0.857. The van der Waals surface area contributed by atoms with Gasteiger partial charge in [0.25, 0.3) is 0 Å². The van der Waals surface area contributed by atoms with Crippen LogP contribution >= 0.6 is 0 Å². The normalized spacial score (nSPS) is 12.3. The fourth-order valence-corrected chi connectivity index (χ4v) is 2.49. The van der Waals surface area contributed by atoms with Crippen molar-refractivity contribution in [3.63, 3.8) is 0 Å². The molecule has 1 unspecified atom stereocenters. The minimum absolute atomic E-state index is 0.191. The van der Waals surface area contributed by atoms with Crippen LogP contribution < -0.4 is 5.32 Å². The molecule has 0 bridgehead atoms. The number of fused-ring (bicyclic) bond motifs is 1. The second kappa shape index (κ2) is 5.29. The molecule has 1 aromatic heterocycles. The third-order valence-corrected chi connectivity index (χ3v) is 3.58. The molecule has 0 fully saturated rings. The molecule has 1 N–H and O–H groups in total. The number of nitrogens with zero attached hydrogens (tertiary/aromatic N) is 2. The SMILES string of the molecule is Cc1ccccc1C(C)Nc1nncc2ccccc12. The Morgan fingerprint density at radius 3 is 2.60 bits per heavy atom. The molecule has 0 amide bonds. The van der Waals surface area contributed by atoms with Gasteiger partial charge in [-0.2, -0.15) is 5.10 Å². The Labute approximate surface area is 118 Å². The first-order valence-corrected chi connectivity index (χ1v) is 6.78. The van der Waals surface area contributed by atoms with E-state index < -0.39 is 0 Å². The molecule has 100 valence electrons. The lowest BCUT2D eigenvalue weighted by atomic mass is 10.0. The van der Waals surface area contributed by atoms with Gasteiger partial charge in [0.2, 0.25) is 0 Å². The molecule has 0 radical (unpaired) electrons. The molecule has 3 rings (SSSR count). The quantitative estimate of drug-likeness (QED) is 0.772. The maximum atomic E-state index is 4.24. The largest absolute Gasteiger partial charge is 0.362 e. The van der Waals surface area contributed by atoms with E-state index in [2.05, 4.69) is 59.7 Å². The first kappa shape index (κ1) is 12.6. The molecule has 3 nitrogen and oxygen atoms in total. The Morgan fingerprint density at radius 2 is 1.75 bits per heavy atom. The summed E-state index contributed by atoms with van der Waals surface area (Å²) in [4.78, 5) is 0. The minimum Gasteiger partial charge on any atom is -0.362 e. The monoisotopic (exact) mass is 263 g/mol. The Kier molecular flexibility index (Phi) is 3.33. The summed E-state index contributed by atoms with van der Waals surface area (Å²) in [6.07, 6.45) is 1.79. The zero-order valence-electron chi connectivity index (χ0n) is 11.7. The van der Waals surface area contributed by atoms with Gasteiger partial charge in [-0.1, -0.05) is 48.5 Å². The standard InChI is InChI=1S/C17H17N3/c1-12-7-3-5-9-15(12)13(2)19-17-16-10-6-4-8-14(16)11-18-20-17/h3-11,13H,1-2H3,(H,19,20). The van der Waals surface area contributed by atoms with Crippen molar-refractivity contribution < 1.29 is 0 Å². The van der Waals surface area contributed by atoms with Crippen LogP contribution in [0.1, 0.15) is 24.1 Å². The topological polar surface area (TPSA) is 37.8 Å². The van der Waals surface area contributed by atoms with Gasteiger partial charge in [0.15, 0.2) is 5.82 Å². The van der Waals surface area contributed by atoms with Gasteiger partial charge in [-0.15, -0.1) is 5.10 Å². The predicted octanol–water partition coefficient (Wildman–Crippen LogP) is 4.11. The van der Waals surface area contributed by atoms with Crippen molar-refractivity contribution >= 4 is 16.6 Å². The van der Waals surface area contributed by atoms with Gasteiger partial charge < -0.3 is 5.32 Å². The van der Waals surface area contributed by atoms with Crippen LogP contribution in [0, 0.1) is 6.92 Å². The number of nitrogens with one attached hydrogen (secondary N) is 1. The summed E-state index contributed by atoms with van der Waals surface area (Å²) in [6, 6.07) is 16.7. The summed E-state index contributed by atoms with van der Waals surface area (Å²) in [5.41, 5.74) is 2.56. The Balaban J connectivity index is 1.96. The molecule has 0 spiro atoms. The van der Waals surface area contributed by atoms with E-state index in [0.29, 0.717) is 0 Å². The Bertz CT molecular complexity index is 732. The summed E-state index contributed by atoms with van der Waals surface area (Å²) < 4.78 is 0. The van der Waals surface area contributed by atoms with E-state index in [1.807, 2.05) is 18.2 Å². The molecule has 0 aliphatic rings. The van der Waals surface area contributed by atoms with Gasteiger partial charge in [-0.05, 0) is 25.0 Å². The number of hydrogen-bond donors (Lipinski definition) is 1. The number of benzene rings is 2. The smallest absolute Gasteiger partial charge is 0.157 e. The zero-order chi connectivity index (χ0) is 13.9. The highest BCUT2D eigenvalue weighted by Crippen LogP contribution is 2.25. The van der Waals surface area contributed by atoms with E-state index in [-0.39, 0.29) is 6.04 Å². The lowest BCUT2D eigenvalue weighted by Crippen LogP contribution is -2.10. The number of hydrogen-bond acceptors (Lipinski definition) is 3. The van der Waals surface area contributed by atoms with Crippen molar-refractivity contribution in [2.75, 3.05) is 5.32 Å². The lowest BCUT2D eigenvalue weighted by Gasteiger charge is -2.17. The molecule has 0 saturated heterocycles. The highest BCUT2D eigenvalue weighted by atomic mass is 15.2. The molecule has 1 atom stereocenters. The van der Waals surface area contributed by atoms with E-state index in [1.54, 1.807) is 6.20 Å². The van der Waals surface area contributed by atoms with E-state index in [4.69, 9.17) is 0 Å². The summed E-state index contributed by atoms with van der Waals surface area (Å²) in [5, 5.41) is 14.0. The third kappa shape index (κ3) is 2.35. The molecule has 20 heavy (non-hydrogen) atoms. The minimum atomic E-state index is 0.191. The Hall–Kier alpha value is -2.42. The molecule has 0 saturated carbocycles. The van der Waals surface area contributed by atoms with Gasteiger partial charge in [0.1, 0.15) is 0 Å². The van der Waals surface area contributed by atoms with Crippen molar-refractivity contribution in [1.82, 2.24) is 10.2 Å². The third-order valence-electron chi connectivity index (χ3n) is 3.58. The van der Waals surface area contributed by atoms with Gasteiger partial charge in [0.05, 0.1) is 12.2 Å². The molecule has 3 heteroatoms. The highest BCUT2D eigenvalue weighted by molar-refractivity contribution is 5.90. The number of rotatable bonds is 3. The molecular formula is C17H17N3. The van der Waals surface area contributed by atoms with Crippen LogP contribution in [0.15, 0.2) is 54.7 Å². The van der Waals surface area contributed by atoms with Crippen molar-refractivity contribution in [1.29, 1.82) is 0 Å². The molecule has 1 heterocycles. The van der Waals surface area contributed by atoms with Crippen LogP contribution in [0.2, 0.25) is 0 Å². The summed E-state index contributed by atoms with van der Waals surface area (Å²) >= 11 is 0. The average molecular weight is 263 g/mol. The highest BCUT2D eigenvalue weighted by Gasteiger charge is 2.10. The second-order valence-electron chi connectivity index (χ2n) is 5.00. The number of aryl methyl sites for hydroxylation is 1. The van der Waals surface area contributed by atoms with Crippen LogP contribution in [0.5, 0.6) is 0 Å². The summed E-state index contributed by atoms with van der Waals surface area (Å²) in [5.74, 6) is 0.832. The molecule has 0 aliphatic carbocycles. The molecular weight excluding hydrogens is 246 g/mol. The molecule has 2 aromatic carbocycles. The van der Waals surface area contributed by atoms with Crippen molar-refractivity contribution in [3.05, 3.63) is 65.9 Å². The number of anilines is 1. The molecule has 3 aromatic rings. The maximum Gasteiger partial charge on any atom is 0.157 e. The fraction of sp³-hybridized carbons (Fsp3) is 0.176. The second-order valence-corrected chi connectivity index (χ2v) is 5.00. The van der Waals surface area contributed by atoms with Crippen LogP contribution in [-0.2, 0) is 0 Å². The number of aromatic nitrogens is 2. The van der Waals surface area contributed by atoms with E-state index in [1.165, 1.54) is 11.1 Å². The zero-order valence-corrected chi connectivity index (χ0v) is 11.7. The van der Waals surface area contributed by atoms with Crippen LogP contribution in [0.3, 0.4) is 0 Å². The fourth-order valence-electron chi connectivity index (χ4n) is 2.49. The Morgan fingerprint density at radius 1 is 1.00 bits per heavy atom. The van der Waals surface area contributed by atoms with Crippen molar-refractivity contribution in [3.8, 4) is 0 Å². The van der Waals surface area contributed by atoms with Gasteiger partial charge in [-0.25, -0.2) is 0 Å². The van der Waals surface area contributed by atoms with E-state index in [0.717, 1.165) is 16.6 Å². The van der Waals surface area contributed by atoms with Crippen LogP contribution in [0.25, 0.3) is 10.8 Å². The first-order chi connectivity index (χ1) is 9.75. The summed E-state index contributed by atoms with van der Waals surface area (Å²) in [7, 11) is 0. The van der Waals surface area contributed by atoms with Crippen molar-refractivity contribution in [2.45, 2.75) is 19.9 Å². The van der Waals surface area contributed by atoms with Crippen LogP contribution in [-0.4, -0.2) is 10.2 Å². The summed E-state index contributed by atoms with van der Waals surface area (Å²) in [6.45, 7) is 4.27. The van der Waals surface area contributed by atoms with Crippen molar-refractivity contribution in [2.24, 2.45) is 0 Å². The van der Waals surface area contributed by atoms with E-state index in [9.17, 15) is 0 Å². The maximum absolute atomic E-state index is 4.24. The first-order valence-electron chi connectivity index (χ1n) is 6.78. The van der Waals surface area contributed by atoms with Gasteiger partial charge in [-0.3, -0.25) is 0 Å². The van der Waals surface area contributed by atoms with Gasteiger partial charge in [0, 0.05) is 10.8 Å². The van der Waals surface area contributed by atoms with Crippen LogP contribution in [0.4, 0.5) is 5.82 Å². The molecule has 0 aliphatic heterocycles. The van der Waals surface area contributed by atoms with Gasteiger partial charge >= 0.3 is 0 Å². The predicted molar refractivity (Wildman–Crippen MR) is 82.8 cm³/mol. The average Bonchev–Trinajstić information content (AvgIpc) is 2.48. The van der Waals surface area contributed by atoms with E-state index >= 15 is 0 Å².